The van der Waals surface area contributed by atoms with Gasteiger partial charge in [-0.15, -0.1) is 0 Å². The predicted octanol–water partition coefficient (Wildman–Crippen LogP) is 2.59. The van der Waals surface area contributed by atoms with Gasteiger partial charge in [0, 0.05) is 28.7 Å². The molecule has 0 aliphatic rings. The van der Waals surface area contributed by atoms with Crippen LogP contribution in [0.3, 0.4) is 0 Å². The Bertz CT molecular complexity index is 1190. The van der Waals surface area contributed by atoms with Gasteiger partial charge in [0.05, 0.1) is 29.9 Å². The zero-order valence-electron chi connectivity index (χ0n) is 12.5. The van der Waals surface area contributed by atoms with Crippen LogP contribution in [-0.2, 0) is 10.0 Å². The van der Waals surface area contributed by atoms with Crippen molar-refractivity contribution in [3.63, 3.8) is 0 Å². The van der Waals surface area contributed by atoms with Gasteiger partial charge < -0.3 is 0 Å². The number of nitrogens with zero attached hydrogens (tertiary/aromatic N) is 4. The number of pyridine rings is 3. The molecule has 24 heavy (non-hydrogen) atoms. The molecular formula is C16H11FN4O2S. The molecule has 0 aromatic carbocycles. The fraction of sp³-hybridized carbons (Fsp3) is 0.0625. The van der Waals surface area contributed by atoms with Crippen LogP contribution in [0.2, 0.25) is 0 Å². The summed E-state index contributed by atoms with van der Waals surface area (Å²) >= 11 is 0. The molecule has 8 heteroatoms. The van der Waals surface area contributed by atoms with Crippen molar-refractivity contribution in [1.82, 2.24) is 18.9 Å². The largest absolute Gasteiger partial charge is 0.264 e. The van der Waals surface area contributed by atoms with Gasteiger partial charge in [0.15, 0.2) is 5.65 Å². The Morgan fingerprint density at radius 1 is 1.08 bits per heavy atom. The van der Waals surface area contributed by atoms with Gasteiger partial charge in [-0.1, -0.05) is 0 Å². The second-order valence-electron chi connectivity index (χ2n) is 5.38. The minimum atomic E-state index is -3.62. The fourth-order valence-corrected chi connectivity index (χ4v) is 3.70. The monoisotopic (exact) mass is 342 g/mol. The second kappa shape index (κ2) is 5.07. The first-order chi connectivity index (χ1) is 11.4. The quantitative estimate of drug-likeness (QED) is 0.559. The lowest BCUT2D eigenvalue weighted by atomic mass is 10.1. The van der Waals surface area contributed by atoms with E-state index in [0.29, 0.717) is 22.0 Å². The molecule has 120 valence electrons. The highest BCUT2D eigenvalue weighted by molar-refractivity contribution is 7.89. The zero-order chi connectivity index (χ0) is 16.9. The van der Waals surface area contributed by atoms with Crippen LogP contribution in [0, 0.1) is 5.82 Å². The van der Waals surface area contributed by atoms with E-state index in [1.165, 1.54) is 12.3 Å². The third-order valence-electron chi connectivity index (χ3n) is 3.71. The van der Waals surface area contributed by atoms with Crippen LogP contribution in [0.4, 0.5) is 4.39 Å². The lowest BCUT2D eigenvalue weighted by Crippen LogP contribution is -2.10. The zero-order valence-corrected chi connectivity index (χ0v) is 13.3. The van der Waals surface area contributed by atoms with Crippen LogP contribution in [0.15, 0.2) is 49.1 Å². The normalized spacial score (nSPS) is 12.1. The molecule has 0 aliphatic carbocycles. The molecule has 0 bridgehead atoms. The smallest absolute Gasteiger partial charge is 0.237 e. The molecule has 4 aromatic rings. The third kappa shape index (κ3) is 2.23. The van der Waals surface area contributed by atoms with Crippen LogP contribution in [0.1, 0.15) is 0 Å². The topological polar surface area (TPSA) is 77.7 Å². The minimum Gasteiger partial charge on any atom is -0.264 e. The van der Waals surface area contributed by atoms with Gasteiger partial charge in [-0.05, 0) is 24.3 Å². The minimum absolute atomic E-state index is 0.180. The molecule has 0 saturated carbocycles. The van der Waals surface area contributed by atoms with Crippen molar-refractivity contribution in [2.24, 2.45) is 0 Å². The summed E-state index contributed by atoms with van der Waals surface area (Å²) in [5.74, 6) is -0.533. The maximum absolute atomic E-state index is 13.6. The van der Waals surface area contributed by atoms with Crippen LogP contribution in [0.25, 0.3) is 33.2 Å². The molecule has 0 fully saturated rings. The van der Waals surface area contributed by atoms with Crippen molar-refractivity contribution in [2.45, 2.75) is 0 Å². The molecule has 6 nitrogen and oxygen atoms in total. The molecule has 0 amide bonds. The lowest BCUT2D eigenvalue weighted by molar-refractivity contribution is 0.595. The predicted molar refractivity (Wildman–Crippen MR) is 88.5 cm³/mol. The number of hydrogen-bond donors (Lipinski definition) is 0. The molecule has 4 aromatic heterocycles. The van der Waals surface area contributed by atoms with Gasteiger partial charge in [-0.2, -0.15) is 0 Å². The Kier molecular flexibility index (Phi) is 3.10. The van der Waals surface area contributed by atoms with Crippen molar-refractivity contribution in [3.8, 4) is 11.3 Å². The second-order valence-corrected chi connectivity index (χ2v) is 7.21. The summed E-state index contributed by atoms with van der Waals surface area (Å²) in [5, 5.41) is 0.985. The number of rotatable bonds is 2. The summed E-state index contributed by atoms with van der Waals surface area (Å²) in [7, 11) is -3.62. The van der Waals surface area contributed by atoms with Gasteiger partial charge in [0.2, 0.25) is 10.0 Å². The molecule has 0 unspecified atom stereocenters. The third-order valence-corrected chi connectivity index (χ3v) is 4.74. The molecule has 4 rings (SSSR count). The van der Waals surface area contributed by atoms with E-state index in [1.807, 2.05) is 6.07 Å². The van der Waals surface area contributed by atoms with Crippen molar-refractivity contribution >= 4 is 32.0 Å². The van der Waals surface area contributed by atoms with Crippen molar-refractivity contribution < 1.29 is 12.8 Å². The fourth-order valence-electron chi connectivity index (χ4n) is 2.74. The Labute approximate surface area is 136 Å². The Morgan fingerprint density at radius 3 is 2.62 bits per heavy atom. The first-order valence-electron chi connectivity index (χ1n) is 7.02. The van der Waals surface area contributed by atoms with Gasteiger partial charge in [-0.25, -0.2) is 21.8 Å². The average molecular weight is 342 g/mol. The van der Waals surface area contributed by atoms with Gasteiger partial charge in [0.1, 0.15) is 5.82 Å². The van der Waals surface area contributed by atoms with E-state index < -0.39 is 15.8 Å². The highest BCUT2D eigenvalue weighted by Gasteiger charge is 2.20. The Morgan fingerprint density at radius 2 is 1.92 bits per heavy atom. The highest BCUT2D eigenvalue weighted by atomic mass is 32.2. The van der Waals surface area contributed by atoms with Crippen LogP contribution < -0.4 is 0 Å². The van der Waals surface area contributed by atoms with E-state index in [-0.39, 0.29) is 5.65 Å². The molecule has 0 radical (unpaired) electrons. The number of fused-ring (bicyclic) bond motifs is 3. The van der Waals surface area contributed by atoms with Crippen LogP contribution in [0.5, 0.6) is 0 Å². The van der Waals surface area contributed by atoms with Crippen molar-refractivity contribution in [3.05, 3.63) is 54.9 Å². The van der Waals surface area contributed by atoms with Crippen LogP contribution in [-0.4, -0.2) is 33.6 Å². The maximum atomic E-state index is 13.6. The Hall–Kier alpha value is -2.87. The number of aromatic nitrogens is 4. The molecule has 0 aliphatic heterocycles. The van der Waals surface area contributed by atoms with Gasteiger partial charge in [-0.3, -0.25) is 9.97 Å². The van der Waals surface area contributed by atoms with E-state index >= 15 is 0 Å². The SMILES string of the molecule is CS(=O)(=O)n1c2cnc(-c3cccnc3)cc2c2cc(F)cnc21. The van der Waals surface area contributed by atoms with Crippen molar-refractivity contribution in [2.75, 3.05) is 6.26 Å². The first-order valence-corrected chi connectivity index (χ1v) is 8.86. The summed E-state index contributed by atoms with van der Waals surface area (Å²) in [6.07, 6.45) is 6.84. The summed E-state index contributed by atoms with van der Waals surface area (Å²) < 4.78 is 39.0. The summed E-state index contributed by atoms with van der Waals surface area (Å²) in [4.78, 5) is 12.3. The first kappa shape index (κ1) is 14.7. The Balaban J connectivity index is 2.14. The highest BCUT2D eigenvalue weighted by Crippen LogP contribution is 2.31. The van der Waals surface area contributed by atoms with E-state index in [1.54, 1.807) is 24.5 Å². The lowest BCUT2D eigenvalue weighted by Gasteiger charge is -2.04. The molecule has 0 atom stereocenters. The van der Waals surface area contributed by atoms with Crippen LogP contribution >= 0.6 is 0 Å². The van der Waals surface area contributed by atoms with Gasteiger partial charge >= 0.3 is 0 Å². The summed E-state index contributed by atoms with van der Waals surface area (Å²) in [6.45, 7) is 0. The standard InChI is InChI=1S/C16H11FN4O2S/c1-24(22,23)21-15-9-19-14(10-3-2-4-18-7-10)6-12(15)13-5-11(17)8-20-16(13)21/h2-9H,1H3. The molecule has 0 N–H and O–H groups in total. The molecule has 4 heterocycles. The molecule has 0 spiro atoms. The average Bonchev–Trinajstić information content (AvgIpc) is 2.89. The summed E-state index contributed by atoms with van der Waals surface area (Å²) in [5.41, 5.74) is 1.94. The molecular weight excluding hydrogens is 331 g/mol. The van der Waals surface area contributed by atoms with E-state index in [9.17, 15) is 12.8 Å². The van der Waals surface area contributed by atoms with E-state index in [0.717, 1.165) is 22.0 Å². The summed E-state index contributed by atoms with van der Waals surface area (Å²) in [6, 6.07) is 6.62. The van der Waals surface area contributed by atoms with Crippen molar-refractivity contribution in [1.29, 1.82) is 0 Å². The van der Waals surface area contributed by atoms with Gasteiger partial charge in [0.25, 0.3) is 0 Å². The van der Waals surface area contributed by atoms with E-state index in [4.69, 9.17) is 0 Å². The van der Waals surface area contributed by atoms with E-state index in [2.05, 4.69) is 15.0 Å². The number of hydrogen-bond acceptors (Lipinski definition) is 5. The molecule has 0 saturated heterocycles. The maximum Gasteiger partial charge on any atom is 0.237 e. The number of halogens is 1.